The third kappa shape index (κ3) is 14.3. The zero-order chi connectivity index (χ0) is 46.5. The van der Waals surface area contributed by atoms with E-state index in [1.54, 1.807) is 24.3 Å². The molecular formula is C38H36N16O10Pt. The zero-order valence-corrected chi connectivity index (χ0v) is 35.7. The van der Waals surface area contributed by atoms with E-state index in [0.717, 1.165) is 0 Å². The number of nitrogens with one attached hydrogen (secondary N) is 4. The summed E-state index contributed by atoms with van der Waals surface area (Å²) in [5, 5.41) is 53.8. The monoisotopic (exact) mass is 1070 g/mol. The molecule has 0 aliphatic heterocycles. The van der Waals surface area contributed by atoms with Gasteiger partial charge in [0, 0.05) is 34.4 Å². The summed E-state index contributed by atoms with van der Waals surface area (Å²) in [4.78, 5) is 100. The van der Waals surface area contributed by atoms with Crippen LogP contribution in [0.4, 0.5) is 34.9 Å². The summed E-state index contributed by atoms with van der Waals surface area (Å²) >= 11 is 0. The molecule has 0 spiro atoms. The van der Waals surface area contributed by atoms with Crippen molar-refractivity contribution in [3.8, 4) is 0 Å². The Morgan fingerprint density at radius 1 is 0.523 bits per heavy atom. The molecule has 6 aromatic rings. The van der Waals surface area contributed by atoms with E-state index >= 15 is 0 Å². The van der Waals surface area contributed by atoms with Gasteiger partial charge in [-0.2, -0.15) is 19.9 Å². The Kier molecular flexibility index (Phi) is 17.1. The molecule has 2 unspecified atom stereocenters. The molecule has 65 heavy (non-hydrogen) atoms. The van der Waals surface area contributed by atoms with E-state index < -0.39 is 60.6 Å². The molecule has 2 amide bonds. The van der Waals surface area contributed by atoms with Crippen LogP contribution in [0.5, 0.6) is 0 Å². The number of anilines is 6. The Balaban J connectivity index is 0.000000280. The maximum Gasteiger partial charge on any atom is 4.00 e. The summed E-state index contributed by atoms with van der Waals surface area (Å²) in [6.07, 6.45) is 1.29. The molecular weight excluding hydrogens is 1040 g/mol. The zero-order valence-electron chi connectivity index (χ0n) is 33.5. The molecule has 27 heteroatoms. The molecule has 0 fully saturated rings. The fourth-order valence-electron chi connectivity index (χ4n) is 5.51. The first kappa shape index (κ1) is 49.2. The molecule has 0 saturated carbocycles. The molecule has 4 aromatic heterocycles. The van der Waals surface area contributed by atoms with Crippen LogP contribution in [0.25, 0.3) is 22.3 Å². The number of aromatic nitrogens is 8. The van der Waals surface area contributed by atoms with Crippen molar-refractivity contribution in [2.24, 2.45) is 0 Å². The molecule has 0 radical (unpaired) electrons. The largest absolute Gasteiger partial charge is 4.00 e. The van der Waals surface area contributed by atoms with E-state index in [9.17, 15) is 49.2 Å². The van der Waals surface area contributed by atoms with Gasteiger partial charge in [-0.15, -0.1) is 0 Å². The number of hydrogen-bond acceptors (Lipinski definition) is 24. The molecule has 0 aliphatic carbocycles. The topological polar surface area (TPSA) is 450 Å². The summed E-state index contributed by atoms with van der Waals surface area (Å²) in [6, 6.07) is 9.44. The standard InChI is InChI=1S/2C19H20N8O5.Pt/c2*20-15-14-16(27-19(21)26-15)23-8-11(24-14)7-22-10-3-1-9(2-4-10)17(30)25-12(18(31)32)5-6-13(28)29;/h2*1-4,8,12,22H,5-7H2,(H,25,30)(H,28,29)(H,31,32)(H4,20,21,23,26,27);/q;;+4/p-4. The number of amides is 2. The smallest absolute Gasteiger partial charge is 0.550 e. The number of fused-ring (bicyclic) bond motifs is 2. The van der Waals surface area contributed by atoms with Crippen LogP contribution in [0, 0.1) is 0 Å². The summed E-state index contributed by atoms with van der Waals surface area (Å²) in [7, 11) is 0. The Hall–Kier alpha value is -8.41. The number of carbonyl (C=O) groups is 6. The van der Waals surface area contributed by atoms with Gasteiger partial charge in [-0.05, 0) is 74.2 Å². The van der Waals surface area contributed by atoms with Crippen molar-refractivity contribution >= 4 is 92.9 Å². The van der Waals surface area contributed by atoms with Gasteiger partial charge in [0.1, 0.15) is 0 Å². The first-order valence-electron chi connectivity index (χ1n) is 18.7. The van der Waals surface area contributed by atoms with Crippen LogP contribution in [0.15, 0.2) is 60.9 Å². The average molecular weight is 1070 g/mol. The normalized spacial score (nSPS) is 11.4. The van der Waals surface area contributed by atoms with Crippen LogP contribution in [0.1, 0.15) is 57.8 Å². The van der Waals surface area contributed by atoms with E-state index in [2.05, 4.69) is 61.1 Å². The molecule has 6 rings (SSSR count). The number of carbonyl (C=O) groups excluding carboxylic acids is 6. The third-order valence-corrected chi connectivity index (χ3v) is 8.70. The molecule has 0 aliphatic rings. The third-order valence-electron chi connectivity index (χ3n) is 8.70. The van der Waals surface area contributed by atoms with Crippen LogP contribution in [0.3, 0.4) is 0 Å². The number of carboxylic acid groups (broad SMARTS) is 4. The van der Waals surface area contributed by atoms with Crippen molar-refractivity contribution in [1.82, 2.24) is 50.5 Å². The van der Waals surface area contributed by atoms with Gasteiger partial charge >= 0.3 is 21.1 Å². The molecule has 0 bridgehead atoms. The van der Waals surface area contributed by atoms with Gasteiger partial charge in [0.15, 0.2) is 34.0 Å². The second-order valence-electron chi connectivity index (χ2n) is 13.4. The maximum absolute atomic E-state index is 12.2. The number of nitrogens with zero attached hydrogens (tertiary/aromatic N) is 8. The van der Waals surface area contributed by atoms with Crippen LogP contribution in [-0.4, -0.2) is 87.6 Å². The fourth-order valence-corrected chi connectivity index (χ4v) is 5.51. The molecule has 0 saturated heterocycles. The number of nitrogen functional groups attached to an aromatic ring is 4. The van der Waals surface area contributed by atoms with E-state index in [1.165, 1.54) is 36.7 Å². The van der Waals surface area contributed by atoms with E-state index in [4.69, 9.17) is 22.9 Å². The maximum atomic E-state index is 12.2. The molecule has 26 nitrogen and oxygen atoms in total. The Labute approximate surface area is 380 Å². The Bertz CT molecular complexity index is 2530. The number of rotatable bonds is 18. The SMILES string of the molecule is Nc1nc(N)c2nc(CNc3ccc(C(=O)NC(CCC(=O)[O-])C(=O)[O-])cc3)cnc2n1.Nc1nc(N)c2nc(CNc3ccc(C(=O)NC(CCC(=O)[O-])C(=O)[O-])cc3)cnc2n1.[Pt+4]. The van der Waals surface area contributed by atoms with Crippen molar-refractivity contribution in [3.63, 3.8) is 0 Å². The second-order valence-corrected chi connectivity index (χ2v) is 13.4. The number of hydrogen-bond donors (Lipinski definition) is 8. The number of carboxylic acids is 4. The van der Waals surface area contributed by atoms with Gasteiger partial charge in [-0.3, -0.25) is 9.59 Å². The summed E-state index contributed by atoms with van der Waals surface area (Å²) in [5.41, 5.74) is 26.7. The Morgan fingerprint density at radius 2 is 0.877 bits per heavy atom. The number of benzene rings is 2. The fraction of sp³-hybridized carbons (Fsp3) is 0.211. The number of nitrogens with two attached hydrogens (primary N) is 4. The van der Waals surface area contributed by atoms with Crippen molar-refractivity contribution in [2.45, 2.75) is 50.9 Å². The van der Waals surface area contributed by atoms with Crippen LogP contribution in [-0.2, 0) is 53.3 Å². The quantitative estimate of drug-likeness (QED) is 0.0400. The second kappa shape index (κ2) is 22.6. The molecule has 2 aromatic carbocycles. The van der Waals surface area contributed by atoms with Crippen LogP contribution in [0.2, 0.25) is 0 Å². The van der Waals surface area contributed by atoms with Gasteiger partial charge in [-0.1, -0.05) is 0 Å². The van der Waals surface area contributed by atoms with Crippen LogP contribution >= 0.6 is 0 Å². The minimum atomic E-state index is -1.58. The van der Waals surface area contributed by atoms with Gasteiger partial charge in [0.2, 0.25) is 11.9 Å². The predicted octanol–water partition coefficient (Wildman–Crippen LogP) is -4.85. The van der Waals surface area contributed by atoms with Gasteiger partial charge in [0.05, 0.1) is 60.9 Å². The predicted molar refractivity (Wildman–Crippen MR) is 216 cm³/mol. The minimum absolute atomic E-state index is 0. The van der Waals surface area contributed by atoms with Crippen molar-refractivity contribution in [1.29, 1.82) is 0 Å². The van der Waals surface area contributed by atoms with Gasteiger partial charge in [0.25, 0.3) is 11.8 Å². The van der Waals surface area contributed by atoms with E-state index in [1.807, 2.05) is 0 Å². The van der Waals surface area contributed by atoms with Crippen molar-refractivity contribution in [3.05, 3.63) is 83.4 Å². The molecule has 4 heterocycles. The van der Waals surface area contributed by atoms with Gasteiger partial charge in [-0.25, -0.2) is 19.9 Å². The summed E-state index contributed by atoms with van der Waals surface area (Å²) < 4.78 is 0. The minimum Gasteiger partial charge on any atom is -0.550 e. The van der Waals surface area contributed by atoms with E-state index in [-0.39, 0.29) is 93.0 Å². The van der Waals surface area contributed by atoms with Crippen molar-refractivity contribution in [2.75, 3.05) is 33.6 Å². The summed E-state index contributed by atoms with van der Waals surface area (Å²) in [6.45, 7) is 0.572. The summed E-state index contributed by atoms with van der Waals surface area (Å²) in [5.74, 6) is -7.12. The molecule has 338 valence electrons. The first-order chi connectivity index (χ1) is 30.4. The van der Waals surface area contributed by atoms with Crippen LogP contribution < -0.4 is 64.6 Å². The Morgan fingerprint density at radius 3 is 1.20 bits per heavy atom. The molecule has 12 N–H and O–H groups in total. The number of aliphatic carboxylic acids is 4. The first-order valence-corrected chi connectivity index (χ1v) is 18.7. The van der Waals surface area contributed by atoms with E-state index in [0.29, 0.717) is 33.8 Å². The average Bonchev–Trinajstić information content (AvgIpc) is 3.25. The van der Waals surface area contributed by atoms with Gasteiger partial charge < -0.3 is 83.8 Å². The molecule has 2 atom stereocenters. The van der Waals surface area contributed by atoms with Crippen molar-refractivity contribution < 1.29 is 70.3 Å².